The standard InChI is InChI=1S/C21H26N4O7/c1-24-12-15-10-16(4-3-13(15)9-14(21(24)29)11-18(26)27)32-8-2-6-22-20-19(28)17(25(30)31)5-7-23-20/h3-5,10,14,20,22-23H,2,6-9,11-12H2,1H3,(H,26,27). The minimum Gasteiger partial charge on any atom is -0.494 e. The van der Waals surface area contributed by atoms with Crippen molar-refractivity contribution in [1.82, 2.24) is 15.5 Å². The van der Waals surface area contributed by atoms with E-state index in [1.165, 1.54) is 11.0 Å². The van der Waals surface area contributed by atoms with Gasteiger partial charge in [0, 0.05) is 32.8 Å². The summed E-state index contributed by atoms with van der Waals surface area (Å²) in [4.78, 5) is 47.3. The van der Waals surface area contributed by atoms with Gasteiger partial charge in [-0.25, -0.2) is 0 Å². The number of nitrogens with zero attached hydrogens (tertiary/aromatic N) is 2. The molecule has 2 unspecified atom stereocenters. The number of carboxylic acid groups (broad SMARTS) is 1. The molecule has 0 radical (unpaired) electrons. The molecule has 0 aromatic heterocycles. The number of ketones is 1. The van der Waals surface area contributed by atoms with Gasteiger partial charge in [-0.2, -0.15) is 0 Å². The highest BCUT2D eigenvalue weighted by molar-refractivity contribution is 5.97. The van der Waals surface area contributed by atoms with Crippen LogP contribution in [0.2, 0.25) is 0 Å². The van der Waals surface area contributed by atoms with Gasteiger partial charge >= 0.3 is 11.7 Å². The molecular formula is C21H26N4O7. The van der Waals surface area contributed by atoms with E-state index in [4.69, 9.17) is 9.84 Å². The van der Waals surface area contributed by atoms with Crippen molar-refractivity contribution in [3.63, 3.8) is 0 Å². The Morgan fingerprint density at radius 2 is 2.16 bits per heavy atom. The Labute approximate surface area is 184 Å². The van der Waals surface area contributed by atoms with E-state index in [2.05, 4.69) is 10.6 Å². The van der Waals surface area contributed by atoms with E-state index < -0.39 is 34.5 Å². The summed E-state index contributed by atoms with van der Waals surface area (Å²) in [6.45, 7) is 1.41. The van der Waals surface area contributed by atoms with Gasteiger partial charge in [0.15, 0.2) is 0 Å². The van der Waals surface area contributed by atoms with Gasteiger partial charge in [0.05, 0.1) is 23.9 Å². The maximum atomic E-state index is 12.4. The van der Waals surface area contributed by atoms with Gasteiger partial charge in [-0.1, -0.05) is 6.07 Å². The highest BCUT2D eigenvalue weighted by atomic mass is 16.6. The summed E-state index contributed by atoms with van der Waals surface area (Å²) in [5.41, 5.74) is 1.44. The van der Waals surface area contributed by atoms with Gasteiger partial charge in [0.1, 0.15) is 11.9 Å². The SMILES string of the molecule is CN1Cc2cc(OCCCNC3NCC=C([N+](=O)[O-])C3=O)ccc2CC(CC(=O)O)C1=O. The van der Waals surface area contributed by atoms with Crippen molar-refractivity contribution in [3.05, 3.63) is 51.2 Å². The number of ether oxygens (including phenoxy) is 1. The first-order valence-corrected chi connectivity index (χ1v) is 10.3. The second-order valence-electron chi connectivity index (χ2n) is 7.83. The van der Waals surface area contributed by atoms with Crippen LogP contribution >= 0.6 is 0 Å². The fraction of sp³-hybridized carbons (Fsp3) is 0.476. The van der Waals surface area contributed by atoms with Gasteiger partial charge in [-0.3, -0.25) is 35.1 Å². The first-order valence-electron chi connectivity index (χ1n) is 10.3. The maximum Gasteiger partial charge on any atom is 0.312 e. The van der Waals surface area contributed by atoms with Crippen LogP contribution < -0.4 is 15.4 Å². The average Bonchev–Trinajstić information content (AvgIpc) is 2.84. The summed E-state index contributed by atoms with van der Waals surface area (Å²) in [5, 5.41) is 25.8. The molecule has 1 aromatic carbocycles. The van der Waals surface area contributed by atoms with Gasteiger partial charge < -0.3 is 14.7 Å². The lowest BCUT2D eigenvalue weighted by atomic mass is 9.94. The quantitative estimate of drug-likeness (QED) is 0.276. The molecule has 0 saturated heterocycles. The highest BCUT2D eigenvalue weighted by Crippen LogP contribution is 2.27. The fourth-order valence-electron chi connectivity index (χ4n) is 3.86. The number of carbonyl (C=O) groups excluding carboxylic acids is 2. The molecule has 3 N–H and O–H groups in total. The third kappa shape index (κ3) is 5.68. The molecule has 11 heteroatoms. The zero-order chi connectivity index (χ0) is 23.3. The summed E-state index contributed by atoms with van der Waals surface area (Å²) >= 11 is 0. The summed E-state index contributed by atoms with van der Waals surface area (Å²) in [6, 6.07) is 5.51. The number of nitrogens with one attached hydrogen (secondary N) is 2. The summed E-state index contributed by atoms with van der Waals surface area (Å²) in [7, 11) is 1.66. The zero-order valence-corrected chi connectivity index (χ0v) is 17.7. The van der Waals surface area contributed by atoms with Crippen LogP contribution in [0.3, 0.4) is 0 Å². The summed E-state index contributed by atoms with van der Waals surface area (Å²) in [6.07, 6.45) is 1.21. The van der Waals surface area contributed by atoms with Gasteiger partial charge in [0.25, 0.3) is 5.78 Å². The number of Topliss-reactive ketones (excluding diaryl/α,β-unsaturated/α-hetero) is 1. The number of hydrogen-bond donors (Lipinski definition) is 3. The van der Waals surface area contributed by atoms with Crippen molar-refractivity contribution in [2.75, 3.05) is 26.7 Å². The van der Waals surface area contributed by atoms with Crippen molar-refractivity contribution in [1.29, 1.82) is 0 Å². The van der Waals surface area contributed by atoms with E-state index in [1.54, 1.807) is 13.1 Å². The third-order valence-corrected chi connectivity index (χ3v) is 5.47. The Kier molecular flexibility index (Phi) is 7.54. The van der Waals surface area contributed by atoms with E-state index in [1.807, 2.05) is 12.1 Å². The number of fused-ring (bicyclic) bond motifs is 1. The molecular weight excluding hydrogens is 420 g/mol. The zero-order valence-electron chi connectivity index (χ0n) is 17.7. The average molecular weight is 446 g/mol. The fourth-order valence-corrected chi connectivity index (χ4v) is 3.86. The first-order chi connectivity index (χ1) is 15.3. The molecule has 3 rings (SSSR count). The molecule has 2 aliphatic heterocycles. The van der Waals surface area contributed by atoms with Crippen molar-refractivity contribution < 1.29 is 29.2 Å². The summed E-state index contributed by atoms with van der Waals surface area (Å²) < 4.78 is 5.78. The minimum absolute atomic E-state index is 0.182. The smallest absolute Gasteiger partial charge is 0.312 e. The molecule has 11 nitrogen and oxygen atoms in total. The van der Waals surface area contributed by atoms with Crippen molar-refractivity contribution in [2.24, 2.45) is 5.92 Å². The molecule has 1 aromatic rings. The van der Waals surface area contributed by atoms with Gasteiger partial charge in [-0.05, 0) is 36.1 Å². The lowest BCUT2D eigenvalue weighted by molar-refractivity contribution is -0.419. The lowest BCUT2D eigenvalue weighted by Gasteiger charge is -2.20. The number of nitro groups is 1. The molecule has 2 heterocycles. The number of amides is 1. The lowest BCUT2D eigenvalue weighted by Crippen LogP contribution is -2.52. The second kappa shape index (κ2) is 10.3. The van der Waals surface area contributed by atoms with Gasteiger partial charge in [0.2, 0.25) is 5.91 Å². The van der Waals surface area contributed by atoms with Crippen LogP contribution in [0.25, 0.3) is 0 Å². The van der Waals surface area contributed by atoms with Gasteiger partial charge in [-0.15, -0.1) is 0 Å². The summed E-state index contributed by atoms with van der Waals surface area (Å²) in [5.74, 6) is -1.72. The molecule has 0 bridgehead atoms. The van der Waals surface area contributed by atoms with Crippen LogP contribution in [0, 0.1) is 16.0 Å². The van der Waals surface area contributed by atoms with Crippen molar-refractivity contribution >= 4 is 17.7 Å². The van der Waals surface area contributed by atoms with E-state index in [0.717, 1.165) is 11.1 Å². The molecule has 0 aliphatic carbocycles. The Morgan fingerprint density at radius 3 is 2.88 bits per heavy atom. The third-order valence-electron chi connectivity index (χ3n) is 5.47. The Hall–Kier alpha value is -3.31. The number of hydrogen-bond acceptors (Lipinski definition) is 8. The monoisotopic (exact) mass is 446 g/mol. The molecule has 172 valence electrons. The van der Waals surface area contributed by atoms with Crippen molar-refractivity contribution in [3.8, 4) is 5.75 Å². The van der Waals surface area contributed by atoms with Crippen LogP contribution in [-0.4, -0.2) is 65.5 Å². The largest absolute Gasteiger partial charge is 0.494 e. The normalized spacial score (nSPS) is 20.9. The second-order valence-corrected chi connectivity index (χ2v) is 7.83. The van der Waals surface area contributed by atoms with E-state index in [0.29, 0.717) is 38.3 Å². The van der Waals surface area contributed by atoms with E-state index in [9.17, 15) is 24.5 Å². The number of carbonyl (C=O) groups is 3. The number of aliphatic carboxylic acids is 1. The first kappa shape index (κ1) is 23.4. The molecule has 0 spiro atoms. The number of carboxylic acids is 1. The molecule has 2 aliphatic rings. The number of benzene rings is 1. The van der Waals surface area contributed by atoms with Crippen LogP contribution in [0.1, 0.15) is 24.0 Å². The van der Waals surface area contributed by atoms with E-state index >= 15 is 0 Å². The van der Waals surface area contributed by atoms with E-state index in [-0.39, 0.29) is 18.9 Å². The van der Waals surface area contributed by atoms with Crippen LogP contribution in [-0.2, 0) is 27.3 Å². The maximum absolute atomic E-state index is 12.4. The highest BCUT2D eigenvalue weighted by Gasteiger charge is 2.32. The minimum atomic E-state index is -0.996. The molecule has 0 saturated carbocycles. The number of rotatable bonds is 9. The Morgan fingerprint density at radius 1 is 1.38 bits per heavy atom. The molecule has 2 atom stereocenters. The van der Waals surface area contributed by atoms with Crippen LogP contribution in [0.4, 0.5) is 0 Å². The van der Waals surface area contributed by atoms with Crippen LogP contribution in [0.5, 0.6) is 5.75 Å². The molecule has 1 amide bonds. The van der Waals surface area contributed by atoms with Crippen LogP contribution in [0.15, 0.2) is 30.0 Å². The van der Waals surface area contributed by atoms with Crippen molar-refractivity contribution in [2.45, 2.75) is 32.0 Å². The molecule has 32 heavy (non-hydrogen) atoms. The Balaban J connectivity index is 1.50. The Bertz CT molecular complexity index is 946. The predicted molar refractivity (Wildman–Crippen MR) is 112 cm³/mol. The predicted octanol–water partition coefficient (Wildman–Crippen LogP) is 0.310. The topological polar surface area (TPSA) is 151 Å². The molecule has 0 fully saturated rings.